The van der Waals surface area contributed by atoms with Crippen LogP contribution >= 0.6 is 27.3 Å². The van der Waals surface area contributed by atoms with Crippen LogP contribution in [0.1, 0.15) is 4.88 Å². The summed E-state index contributed by atoms with van der Waals surface area (Å²) in [4.78, 5) is 2.27. The number of nitrogens with zero attached hydrogens (tertiary/aromatic N) is 1. The minimum atomic E-state index is 0.416. The SMILES string of the molecule is Cc1ccc(-c2onc(N)c2-c2cccc(Br)c2)s1. The van der Waals surface area contributed by atoms with E-state index in [4.69, 9.17) is 10.3 Å². The highest BCUT2D eigenvalue weighted by Gasteiger charge is 2.18. The lowest BCUT2D eigenvalue weighted by Gasteiger charge is -2.01. The number of thiophene rings is 1. The van der Waals surface area contributed by atoms with Crippen LogP contribution in [0.15, 0.2) is 45.4 Å². The van der Waals surface area contributed by atoms with Crippen molar-refractivity contribution in [2.45, 2.75) is 6.92 Å². The number of halogens is 1. The highest BCUT2D eigenvalue weighted by molar-refractivity contribution is 9.10. The van der Waals surface area contributed by atoms with Gasteiger partial charge in [-0.25, -0.2) is 0 Å². The Morgan fingerprint density at radius 3 is 2.79 bits per heavy atom. The van der Waals surface area contributed by atoms with Gasteiger partial charge in [-0.05, 0) is 36.8 Å². The van der Waals surface area contributed by atoms with Crippen molar-refractivity contribution in [3.63, 3.8) is 0 Å². The van der Waals surface area contributed by atoms with E-state index in [1.807, 2.05) is 30.3 Å². The molecule has 0 spiro atoms. The molecule has 5 heteroatoms. The maximum absolute atomic E-state index is 5.95. The fraction of sp³-hybridized carbons (Fsp3) is 0.0714. The molecule has 2 aromatic heterocycles. The van der Waals surface area contributed by atoms with Gasteiger partial charge in [0.25, 0.3) is 0 Å². The zero-order chi connectivity index (χ0) is 13.4. The number of aromatic nitrogens is 1. The second-order valence-electron chi connectivity index (χ2n) is 4.19. The molecule has 1 aromatic carbocycles. The molecule has 0 saturated heterocycles. The van der Waals surface area contributed by atoms with Gasteiger partial charge in [0.15, 0.2) is 11.6 Å². The van der Waals surface area contributed by atoms with Gasteiger partial charge in [0.1, 0.15) is 0 Å². The summed E-state index contributed by atoms with van der Waals surface area (Å²) in [6.07, 6.45) is 0. The molecular weight excluding hydrogens is 324 g/mol. The van der Waals surface area contributed by atoms with Crippen molar-refractivity contribution in [2.75, 3.05) is 5.73 Å². The quantitative estimate of drug-likeness (QED) is 0.737. The predicted octanol–water partition coefficient (Wildman–Crippen LogP) is 4.72. The first kappa shape index (κ1) is 12.4. The number of hydrogen-bond acceptors (Lipinski definition) is 4. The summed E-state index contributed by atoms with van der Waals surface area (Å²) in [5.41, 5.74) is 7.80. The third kappa shape index (κ3) is 2.31. The molecule has 96 valence electrons. The first-order valence-electron chi connectivity index (χ1n) is 5.73. The molecule has 0 amide bonds. The molecule has 0 aliphatic carbocycles. The van der Waals surface area contributed by atoms with Crippen LogP contribution < -0.4 is 5.73 Å². The van der Waals surface area contributed by atoms with E-state index in [1.54, 1.807) is 11.3 Å². The summed E-state index contributed by atoms with van der Waals surface area (Å²) in [7, 11) is 0. The van der Waals surface area contributed by atoms with Crippen molar-refractivity contribution < 1.29 is 4.52 Å². The molecule has 0 fully saturated rings. The second-order valence-corrected chi connectivity index (χ2v) is 6.40. The van der Waals surface area contributed by atoms with Crippen molar-refractivity contribution in [2.24, 2.45) is 0 Å². The molecule has 2 N–H and O–H groups in total. The first-order valence-corrected chi connectivity index (χ1v) is 7.34. The Morgan fingerprint density at radius 2 is 2.11 bits per heavy atom. The van der Waals surface area contributed by atoms with E-state index in [9.17, 15) is 0 Å². The third-order valence-corrected chi connectivity index (χ3v) is 4.29. The minimum absolute atomic E-state index is 0.416. The third-order valence-electron chi connectivity index (χ3n) is 2.80. The Kier molecular flexibility index (Phi) is 3.16. The van der Waals surface area contributed by atoms with Gasteiger partial charge in [-0.1, -0.05) is 33.2 Å². The lowest BCUT2D eigenvalue weighted by atomic mass is 10.1. The summed E-state index contributed by atoms with van der Waals surface area (Å²) < 4.78 is 6.41. The fourth-order valence-corrected chi connectivity index (χ4v) is 3.20. The number of nitrogens with two attached hydrogens (primary N) is 1. The molecule has 0 atom stereocenters. The lowest BCUT2D eigenvalue weighted by molar-refractivity contribution is 0.437. The lowest BCUT2D eigenvalue weighted by Crippen LogP contribution is -1.88. The topological polar surface area (TPSA) is 52.0 Å². The maximum atomic E-state index is 5.95. The van der Waals surface area contributed by atoms with Crippen LogP contribution in [0.25, 0.3) is 21.8 Å². The molecule has 0 aliphatic rings. The van der Waals surface area contributed by atoms with Gasteiger partial charge in [-0.3, -0.25) is 0 Å². The fourth-order valence-electron chi connectivity index (χ4n) is 1.95. The monoisotopic (exact) mass is 334 g/mol. The molecule has 0 bridgehead atoms. The Bertz CT molecular complexity index is 733. The van der Waals surface area contributed by atoms with Gasteiger partial charge >= 0.3 is 0 Å². The highest BCUT2D eigenvalue weighted by Crippen LogP contribution is 2.39. The zero-order valence-corrected chi connectivity index (χ0v) is 12.6. The van der Waals surface area contributed by atoms with Crippen LogP contribution in [0.4, 0.5) is 5.82 Å². The van der Waals surface area contributed by atoms with Crippen LogP contribution in [0.2, 0.25) is 0 Å². The van der Waals surface area contributed by atoms with Gasteiger partial charge in [0.05, 0.1) is 10.4 Å². The molecule has 3 rings (SSSR count). The summed E-state index contributed by atoms with van der Waals surface area (Å²) in [6, 6.07) is 12.0. The van der Waals surface area contributed by atoms with Crippen LogP contribution in [-0.4, -0.2) is 5.16 Å². The first-order chi connectivity index (χ1) is 9.15. The number of aryl methyl sites for hydroxylation is 1. The van der Waals surface area contributed by atoms with Gasteiger partial charge in [-0.2, -0.15) is 0 Å². The molecule has 0 radical (unpaired) electrons. The van der Waals surface area contributed by atoms with E-state index < -0.39 is 0 Å². The van der Waals surface area contributed by atoms with Crippen molar-refractivity contribution in [1.82, 2.24) is 5.16 Å². The van der Waals surface area contributed by atoms with Crippen molar-refractivity contribution in [3.05, 3.63) is 45.7 Å². The van der Waals surface area contributed by atoms with Crippen molar-refractivity contribution >= 4 is 33.1 Å². The van der Waals surface area contributed by atoms with Gasteiger partial charge in [0, 0.05) is 9.35 Å². The van der Waals surface area contributed by atoms with E-state index in [0.29, 0.717) is 5.82 Å². The van der Waals surface area contributed by atoms with E-state index in [2.05, 4.69) is 34.1 Å². The number of benzene rings is 1. The Hall–Kier alpha value is -1.59. The number of rotatable bonds is 2. The zero-order valence-electron chi connectivity index (χ0n) is 10.2. The van der Waals surface area contributed by atoms with Crippen LogP contribution in [0.3, 0.4) is 0 Å². The summed E-state index contributed by atoms with van der Waals surface area (Å²) >= 11 is 5.13. The molecular formula is C14H11BrN2OS. The van der Waals surface area contributed by atoms with E-state index >= 15 is 0 Å². The highest BCUT2D eigenvalue weighted by atomic mass is 79.9. The standard InChI is InChI=1S/C14H11BrN2OS/c1-8-5-6-11(19-8)13-12(14(16)17-18-13)9-3-2-4-10(15)7-9/h2-7H,1H3,(H2,16,17). The number of anilines is 1. The van der Waals surface area contributed by atoms with Crippen LogP contribution in [-0.2, 0) is 0 Å². The molecule has 3 nitrogen and oxygen atoms in total. The van der Waals surface area contributed by atoms with Gasteiger partial charge in [-0.15, -0.1) is 11.3 Å². The molecule has 0 saturated carbocycles. The smallest absolute Gasteiger partial charge is 0.186 e. The largest absolute Gasteiger partial charge is 0.380 e. The summed E-state index contributed by atoms with van der Waals surface area (Å²) in [5, 5.41) is 3.90. The van der Waals surface area contributed by atoms with E-state index in [1.165, 1.54) is 4.88 Å². The van der Waals surface area contributed by atoms with Crippen molar-refractivity contribution in [1.29, 1.82) is 0 Å². The average molecular weight is 335 g/mol. The molecule has 0 aliphatic heterocycles. The van der Waals surface area contributed by atoms with Crippen molar-refractivity contribution in [3.8, 4) is 21.8 Å². The van der Waals surface area contributed by atoms with E-state index in [-0.39, 0.29) is 0 Å². The Morgan fingerprint density at radius 1 is 1.26 bits per heavy atom. The summed E-state index contributed by atoms with van der Waals surface area (Å²) in [5.74, 6) is 1.15. The van der Waals surface area contributed by atoms with Gasteiger partial charge in [0.2, 0.25) is 0 Å². The normalized spacial score (nSPS) is 10.8. The number of nitrogen functional groups attached to an aromatic ring is 1. The summed E-state index contributed by atoms with van der Waals surface area (Å²) in [6.45, 7) is 2.06. The van der Waals surface area contributed by atoms with Crippen LogP contribution in [0, 0.1) is 6.92 Å². The minimum Gasteiger partial charge on any atom is -0.380 e. The molecule has 2 heterocycles. The molecule has 0 unspecified atom stereocenters. The second kappa shape index (κ2) is 4.83. The Balaban J connectivity index is 2.19. The van der Waals surface area contributed by atoms with Crippen LogP contribution in [0.5, 0.6) is 0 Å². The molecule has 3 aromatic rings. The Labute approximate surface area is 123 Å². The number of hydrogen-bond donors (Lipinski definition) is 1. The van der Waals surface area contributed by atoms with Gasteiger partial charge < -0.3 is 10.3 Å². The maximum Gasteiger partial charge on any atom is 0.186 e. The average Bonchev–Trinajstić information content (AvgIpc) is 2.95. The predicted molar refractivity (Wildman–Crippen MR) is 82.1 cm³/mol. The molecule has 19 heavy (non-hydrogen) atoms. The van der Waals surface area contributed by atoms with E-state index in [0.717, 1.165) is 26.2 Å².